The van der Waals surface area contributed by atoms with Gasteiger partial charge in [0.15, 0.2) is 0 Å². The number of nitrogens with zero attached hydrogens (tertiary/aromatic N) is 2. The molecule has 3 aromatic rings. The number of methoxy groups -OCH3 is 1. The van der Waals surface area contributed by atoms with E-state index in [1.165, 1.54) is 32.2 Å². The molecule has 0 aliphatic carbocycles. The van der Waals surface area contributed by atoms with Crippen LogP contribution in [0.1, 0.15) is 27.7 Å². The minimum Gasteiger partial charge on any atom is -0.468 e. The Hall–Kier alpha value is -3.12. The molecular weight excluding hydrogens is 466 g/mol. The second kappa shape index (κ2) is 11.1. The molecule has 0 aliphatic rings. The highest BCUT2D eigenvalue weighted by atomic mass is 32.2. The largest absolute Gasteiger partial charge is 0.468 e. The van der Waals surface area contributed by atoms with Gasteiger partial charge in [-0.15, -0.1) is 11.3 Å². The van der Waals surface area contributed by atoms with Gasteiger partial charge in [-0.2, -0.15) is 12.8 Å². The first-order valence-electron chi connectivity index (χ1n) is 9.85. The van der Waals surface area contributed by atoms with E-state index in [1.807, 2.05) is 12.1 Å². The van der Waals surface area contributed by atoms with Gasteiger partial charge in [-0.1, -0.05) is 18.2 Å². The van der Waals surface area contributed by atoms with Gasteiger partial charge in [0, 0.05) is 12.4 Å². The maximum absolute atomic E-state index is 13.4. The summed E-state index contributed by atoms with van der Waals surface area (Å²) in [5.74, 6) is -1.52. The van der Waals surface area contributed by atoms with Crippen molar-refractivity contribution in [1.82, 2.24) is 14.8 Å². The van der Waals surface area contributed by atoms with Gasteiger partial charge in [-0.25, -0.2) is 5.43 Å². The van der Waals surface area contributed by atoms with Crippen molar-refractivity contribution in [2.75, 3.05) is 7.11 Å². The van der Waals surface area contributed by atoms with Crippen molar-refractivity contribution in [2.45, 2.75) is 31.1 Å². The smallest absolute Gasteiger partial charge is 0.324 e. The number of carbonyl (C=O) groups excluding carboxylic acids is 2. The Bertz CT molecular complexity index is 1180. The molecule has 0 saturated heterocycles. The lowest BCUT2D eigenvalue weighted by atomic mass is 10.2. The SMILES string of the molecule is COC(=O)[C@H](C)NN(C(=O)c1cccs1)S(=O)(=O)c1cccc(COCc2ccncc2)c1. The fraction of sp³-hybridized carbons (Fsp3) is 0.227. The first-order valence-corrected chi connectivity index (χ1v) is 12.2. The Morgan fingerprint density at radius 1 is 1.09 bits per heavy atom. The van der Waals surface area contributed by atoms with Gasteiger partial charge < -0.3 is 9.47 Å². The van der Waals surface area contributed by atoms with Crippen LogP contribution < -0.4 is 5.43 Å². The lowest BCUT2D eigenvalue weighted by Crippen LogP contribution is -2.52. The van der Waals surface area contributed by atoms with Crippen molar-refractivity contribution in [2.24, 2.45) is 0 Å². The van der Waals surface area contributed by atoms with E-state index in [0.717, 1.165) is 16.9 Å². The fourth-order valence-corrected chi connectivity index (χ4v) is 4.90. The average molecular weight is 490 g/mol. The Labute approximate surface area is 196 Å². The number of carbonyl (C=O) groups is 2. The summed E-state index contributed by atoms with van der Waals surface area (Å²) in [6.07, 6.45) is 3.32. The van der Waals surface area contributed by atoms with Crippen LogP contribution in [0, 0.1) is 0 Å². The summed E-state index contributed by atoms with van der Waals surface area (Å²) in [5, 5.41) is 1.66. The molecule has 0 fully saturated rings. The molecule has 1 atom stereocenters. The third-order valence-corrected chi connectivity index (χ3v) is 6.96. The number of pyridine rings is 1. The van der Waals surface area contributed by atoms with Crippen molar-refractivity contribution >= 4 is 33.2 Å². The Morgan fingerprint density at radius 3 is 2.48 bits per heavy atom. The minimum absolute atomic E-state index is 0.123. The maximum Gasteiger partial charge on any atom is 0.324 e. The topological polar surface area (TPSA) is 115 Å². The van der Waals surface area contributed by atoms with Crippen LogP contribution in [0.5, 0.6) is 0 Å². The van der Waals surface area contributed by atoms with E-state index in [0.29, 0.717) is 16.6 Å². The fourth-order valence-electron chi connectivity index (χ4n) is 2.81. The number of nitrogens with one attached hydrogen (secondary N) is 1. The molecule has 0 unspecified atom stereocenters. The van der Waals surface area contributed by atoms with Gasteiger partial charge in [-0.3, -0.25) is 14.6 Å². The number of benzene rings is 1. The Kier molecular flexibility index (Phi) is 8.28. The zero-order chi connectivity index (χ0) is 23.8. The normalized spacial score (nSPS) is 12.2. The van der Waals surface area contributed by atoms with Crippen LogP contribution in [0.2, 0.25) is 0 Å². The first kappa shape index (κ1) is 24.5. The van der Waals surface area contributed by atoms with Crippen LogP contribution in [0.4, 0.5) is 0 Å². The molecule has 0 spiro atoms. The van der Waals surface area contributed by atoms with Crippen LogP contribution in [0.25, 0.3) is 0 Å². The van der Waals surface area contributed by atoms with Gasteiger partial charge >= 0.3 is 5.97 Å². The summed E-state index contributed by atoms with van der Waals surface area (Å²) in [5.41, 5.74) is 4.01. The van der Waals surface area contributed by atoms with Crippen molar-refractivity contribution in [1.29, 1.82) is 0 Å². The molecule has 9 nitrogen and oxygen atoms in total. The number of hydrazine groups is 1. The molecule has 174 valence electrons. The predicted molar refractivity (Wildman–Crippen MR) is 121 cm³/mol. The van der Waals surface area contributed by atoms with E-state index in [9.17, 15) is 18.0 Å². The van der Waals surface area contributed by atoms with Gasteiger partial charge in [0.25, 0.3) is 15.9 Å². The molecular formula is C22H23N3O6S2. The summed E-state index contributed by atoms with van der Waals surface area (Å²) in [6, 6.07) is 11.8. The van der Waals surface area contributed by atoms with Crippen molar-refractivity contribution in [3.05, 3.63) is 82.3 Å². The lowest BCUT2D eigenvalue weighted by Gasteiger charge is -2.25. The van der Waals surface area contributed by atoms with Gasteiger partial charge in [-0.05, 0) is 53.8 Å². The van der Waals surface area contributed by atoms with Crippen LogP contribution >= 0.6 is 11.3 Å². The number of hydrogen-bond donors (Lipinski definition) is 1. The van der Waals surface area contributed by atoms with Crippen LogP contribution in [0.3, 0.4) is 0 Å². The molecule has 0 bridgehead atoms. The summed E-state index contributed by atoms with van der Waals surface area (Å²) < 4.78 is 37.6. The van der Waals surface area contributed by atoms with Crippen LogP contribution in [0.15, 0.2) is 71.2 Å². The summed E-state index contributed by atoms with van der Waals surface area (Å²) in [7, 11) is -3.18. The standard InChI is InChI=1S/C22H23N3O6S2/c1-16(22(27)30-2)24-25(21(26)20-7-4-12-32-20)33(28,29)19-6-3-5-18(13-19)15-31-14-17-8-10-23-11-9-17/h3-13,16,24H,14-15H2,1-2H3/t16-/m0/s1. The molecule has 0 aliphatic heterocycles. The van der Waals surface area contributed by atoms with Crippen molar-refractivity contribution < 1.29 is 27.5 Å². The molecule has 2 aromatic heterocycles. The number of esters is 1. The predicted octanol–water partition coefficient (Wildman–Crippen LogP) is 2.76. The zero-order valence-corrected chi connectivity index (χ0v) is 19.6. The third-order valence-electron chi connectivity index (χ3n) is 4.51. The Balaban J connectivity index is 1.83. The number of sulfonamides is 1. The van der Waals surface area contributed by atoms with Gasteiger partial charge in [0.1, 0.15) is 6.04 Å². The molecule has 0 saturated carbocycles. The molecule has 2 heterocycles. The summed E-state index contributed by atoms with van der Waals surface area (Å²) >= 11 is 1.09. The molecule has 1 aromatic carbocycles. The van der Waals surface area contributed by atoms with Crippen molar-refractivity contribution in [3.8, 4) is 0 Å². The van der Waals surface area contributed by atoms with E-state index < -0.39 is 27.9 Å². The highest BCUT2D eigenvalue weighted by molar-refractivity contribution is 7.89. The quantitative estimate of drug-likeness (QED) is 0.342. The average Bonchev–Trinajstić information content (AvgIpc) is 3.37. The van der Waals surface area contributed by atoms with E-state index >= 15 is 0 Å². The maximum atomic E-state index is 13.4. The number of thiophene rings is 1. The van der Waals surface area contributed by atoms with E-state index in [1.54, 1.807) is 36.0 Å². The van der Waals surface area contributed by atoms with Gasteiger partial charge in [0.2, 0.25) is 0 Å². The lowest BCUT2D eigenvalue weighted by molar-refractivity contribution is -0.143. The number of ether oxygens (including phenoxy) is 2. The molecule has 3 rings (SSSR count). The molecule has 1 N–H and O–H groups in total. The summed E-state index contributed by atoms with van der Waals surface area (Å²) in [4.78, 5) is 28.9. The van der Waals surface area contributed by atoms with E-state index in [-0.39, 0.29) is 16.4 Å². The van der Waals surface area contributed by atoms with E-state index in [4.69, 9.17) is 4.74 Å². The minimum atomic E-state index is -4.36. The molecule has 0 radical (unpaired) electrons. The number of rotatable bonds is 10. The summed E-state index contributed by atoms with van der Waals surface area (Å²) in [6.45, 7) is 1.90. The highest BCUT2D eigenvalue weighted by Gasteiger charge is 2.34. The van der Waals surface area contributed by atoms with Crippen LogP contribution in [-0.4, -0.2) is 42.8 Å². The number of amides is 1. The van der Waals surface area contributed by atoms with Gasteiger partial charge in [0.05, 0.1) is 30.1 Å². The first-order chi connectivity index (χ1) is 15.8. The highest BCUT2D eigenvalue weighted by Crippen LogP contribution is 2.21. The number of aromatic nitrogens is 1. The Morgan fingerprint density at radius 2 is 1.82 bits per heavy atom. The monoisotopic (exact) mass is 489 g/mol. The molecule has 11 heteroatoms. The van der Waals surface area contributed by atoms with Crippen molar-refractivity contribution in [3.63, 3.8) is 0 Å². The zero-order valence-electron chi connectivity index (χ0n) is 18.0. The second-order valence-electron chi connectivity index (χ2n) is 6.92. The molecule has 33 heavy (non-hydrogen) atoms. The van der Waals surface area contributed by atoms with E-state index in [2.05, 4.69) is 15.1 Å². The molecule has 1 amide bonds. The number of hydrogen-bond acceptors (Lipinski definition) is 9. The third kappa shape index (κ3) is 6.23. The second-order valence-corrected chi connectivity index (χ2v) is 9.66. The van der Waals surface area contributed by atoms with Crippen LogP contribution in [-0.2, 0) is 37.5 Å².